The number of thiazole rings is 1. The van der Waals surface area contributed by atoms with Gasteiger partial charge in [0.05, 0.1) is 12.1 Å². The van der Waals surface area contributed by atoms with E-state index < -0.39 is 0 Å². The summed E-state index contributed by atoms with van der Waals surface area (Å²) in [6.45, 7) is 6.13. The summed E-state index contributed by atoms with van der Waals surface area (Å²) in [6.07, 6.45) is 2.69. The van der Waals surface area contributed by atoms with Crippen LogP contribution in [-0.2, 0) is 11.2 Å². The second-order valence-electron chi connectivity index (χ2n) is 7.32. The number of aromatic nitrogens is 1. The maximum absolute atomic E-state index is 12.7. The zero-order valence-corrected chi connectivity index (χ0v) is 18.0. The Hall–Kier alpha value is -1.14. The summed E-state index contributed by atoms with van der Waals surface area (Å²) in [4.78, 5) is 19.5. The molecule has 2 fully saturated rings. The average Bonchev–Trinajstić information content (AvgIpc) is 3.21. The van der Waals surface area contributed by atoms with E-state index in [4.69, 9.17) is 0 Å². The van der Waals surface area contributed by atoms with Crippen LogP contribution in [0.25, 0.3) is 10.6 Å². The summed E-state index contributed by atoms with van der Waals surface area (Å²) in [5.41, 5.74) is 3.28. The van der Waals surface area contributed by atoms with Gasteiger partial charge in [-0.15, -0.1) is 36.2 Å². The molecular formula is C20H27Cl2N3OS. The predicted octanol–water partition coefficient (Wildman–Crippen LogP) is 3.96. The first kappa shape index (κ1) is 22.2. The van der Waals surface area contributed by atoms with Crippen molar-refractivity contribution in [1.82, 2.24) is 15.2 Å². The third kappa shape index (κ3) is 5.23. The molecule has 1 amide bonds. The first-order valence-electron chi connectivity index (χ1n) is 9.19. The number of nitrogens with one attached hydrogen (secondary N) is 1. The molecule has 0 bridgehead atoms. The van der Waals surface area contributed by atoms with Crippen LogP contribution in [0.1, 0.15) is 24.1 Å². The standard InChI is InChI=1S/C20H25N3OS.2ClH/c1-14-2-4-15(5-3-14)20-22-18(13-25-20)10-19(24)23-8-6-16-11-21-12-17(16)7-9-23;;/h2-5,13,16-17,21H,6-12H2,1H3;2*1H/t16-,17+;;. The SMILES string of the molecule is Cc1ccc(-c2nc(CC(=O)N3CC[C@@H]4CNC[C@@H]4CC3)cs2)cc1.Cl.Cl. The van der Waals surface area contributed by atoms with Crippen LogP contribution >= 0.6 is 36.2 Å². The monoisotopic (exact) mass is 427 g/mol. The molecule has 7 heteroatoms. The minimum Gasteiger partial charge on any atom is -0.342 e. The van der Waals surface area contributed by atoms with Gasteiger partial charge in [0, 0.05) is 24.0 Å². The van der Waals surface area contributed by atoms with E-state index in [9.17, 15) is 4.79 Å². The first-order valence-corrected chi connectivity index (χ1v) is 10.1. The zero-order valence-electron chi connectivity index (χ0n) is 15.5. The maximum Gasteiger partial charge on any atom is 0.228 e. The summed E-state index contributed by atoms with van der Waals surface area (Å²) < 4.78 is 0. The number of amides is 1. The Morgan fingerprint density at radius 1 is 1.15 bits per heavy atom. The van der Waals surface area contributed by atoms with E-state index in [0.29, 0.717) is 6.42 Å². The predicted molar refractivity (Wildman–Crippen MR) is 116 cm³/mol. The summed E-state index contributed by atoms with van der Waals surface area (Å²) in [7, 11) is 0. The molecule has 0 unspecified atom stereocenters. The van der Waals surface area contributed by atoms with Gasteiger partial charge in [-0.3, -0.25) is 4.79 Å². The highest BCUT2D eigenvalue weighted by atomic mass is 35.5. The Kier molecular flexibility index (Phi) is 8.10. The highest BCUT2D eigenvalue weighted by molar-refractivity contribution is 7.13. The Morgan fingerprint density at radius 2 is 1.78 bits per heavy atom. The van der Waals surface area contributed by atoms with Crippen LogP contribution in [-0.4, -0.2) is 42.0 Å². The molecule has 2 atom stereocenters. The van der Waals surface area contributed by atoms with Crippen molar-refractivity contribution >= 4 is 42.1 Å². The van der Waals surface area contributed by atoms with Crippen LogP contribution in [0.2, 0.25) is 0 Å². The fraction of sp³-hybridized carbons (Fsp3) is 0.500. The third-order valence-electron chi connectivity index (χ3n) is 5.55. The van der Waals surface area contributed by atoms with Crippen molar-refractivity contribution in [1.29, 1.82) is 0 Å². The van der Waals surface area contributed by atoms with Gasteiger partial charge >= 0.3 is 0 Å². The first-order chi connectivity index (χ1) is 12.2. The molecule has 0 spiro atoms. The fourth-order valence-corrected chi connectivity index (χ4v) is 4.78. The molecule has 148 valence electrons. The lowest BCUT2D eigenvalue weighted by Crippen LogP contribution is -2.34. The van der Waals surface area contributed by atoms with Crippen molar-refractivity contribution in [3.63, 3.8) is 0 Å². The van der Waals surface area contributed by atoms with Gasteiger partial charge in [-0.05, 0) is 44.7 Å². The van der Waals surface area contributed by atoms with Crippen LogP contribution in [0.15, 0.2) is 29.6 Å². The molecule has 1 aromatic heterocycles. The van der Waals surface area contributed by atoms with Crippen LogP contribution in [0.3, 0.4) is 0 Å². The number of halogens is 2. The average molecular weight is 428 g/mol. The lowest BCUT2D eigenvalue weighted by Gasteiger charge is -2.20. The molecule has 0 radical (unpaired) electrons. The summed E-state index contributed by atoms with van der Waals surface area (Å²) >= 11 is 1.62. The van der Waals surface area contributed by atoms with Gasteiger partial charge in [-0.2, -0.15) is 0 Å². The number of nitrogens with zero attached hydrogens (tertiary/aromatic N) is 2. The van der Waals surface area contributed by atoms with Crippen LogP contribution in [0, 0.1) is 18.8 Å². The molecule has 27 heavy (non-hydrogen) atoms. The number of fused-ring (bicyclic) bond motifs is 1. The lowest BCUT2D eigenvalue weighted by atomic mass is 9.92. The van der Waals surface area contributed by atoms with Crippen molar-refractivity contribution in [3.05, 3.63) is 40.9 Å². The molecule has 3 heterocycles. The van der Waals surface area contributed by atoms with Gasteiger partial charge in [-0.25, -0.2) is 4.98 Å². The number of hydrogen-bond acceptors (Lipinski definition) is 4. The molecule has 0 saturated carbocycles. The lowest BCUT2D eigenvalue weighted by molar-refractivity contribution is -0.130. The van der Waals surface area contributed by atoms with Crippen LogP contribution < -0.4 is 5.32 Å². The largest absolute Gasteiger partial charge is 0.342 e. The normalized spacial score (nSPS) is 21.6. The van der Waals surface area contributed by atoms with Crippen molar-refractivity contribution < 1.29 is 4.79 Å². The van der Waals surface area contributed by atoms with Crippen molar-refractivity contribution in [3.8, 4) is 10.6 Å². The van der Waals surface area contributed by atoms with Crippen LogP contribution in [0.4, 0.5) is 0 Å². The van der Waals surface area contributed by atoms with E-state index in [1.807, 2.05) is 5.38 Å². The van der Waals surface area contributed by atoms with Gasteiger partial charge in [0.25, 0.3) is 0 Å². The van der Waals surface area contributed by atoms with Gasteiger partial charge < -0.3 is 10.2 Å². The van der Waals surface area contributed by atoms with Gasteiger partial charge in [-0.1, -0.05) is 29.8 Å². The van der Waals surface area contributed by atoms with E-state index in [-0.39, 0.29) is 30.7 Å². The fourth-order valence-electron chi connectivity index (χ4n) is 3.95. The van der Waals surface area contributed by atoms with Crippen molar-refractivity contribution in [2.75, 3.05) is 26.2 Å². The highest BCUT2D eigenvalue weighted by Gasteiger charge is 2.31. The van der Waals surface area contributed by atoms with Gasteiger partial charge in [0.2, 0.25) is 5.91 Å². The molecule has 1 aromatic carbocycles. The zero-order chi connectivity index (χ0) is 17.2. The van der Waals surface area contributed by atoms with E-state index in [0.717, 1.165) is 67.1 Å². The Labute approximate surface area is 177 Å². The highest BCUT2D eigenvalue weighted by Crippen LogP contribution is 2.28. The minimum absolute atomic E-state index is 0. The van der Waals surface area contributed by atoms with Crippen LogP contribution in [0.5, 0.6) is 0 Å². The number of benzene rings is 1. The van der Waals surface area contributed by atoms with E-state index in [1.165, 1.54) is 5.56 Å². The summed E-state index contributed by atoms with van der Waals surface area (Å²) in [5.74, 6) is 1.74. The number of rotatable bonds is 3. The molecule has 4 nitrogen and oxygen atoms in total. The molecular weight excluding hydrogens is 401 g/mol. The Morgan fingerprint density at radius 3 is 2.41 bits per heavy atom. The maximum atomic E-state index is 12.7. The second-order valence-corrected chi connectivity index (χ2v) is 8.18. The number of likely N-dealkylation sites (tertiary alicyclic amines) is 1. The molecule has 4 rings (SSSR count). The van der Waals surface area contributed by atoms with E-state index in [2.05, 4.69) is 46.4 Å². The minimum atomic E-state index is 0. The van der Waals surface area contributed by atoms with Crippen molar-refractivity contribution in [2.45, 2.75) is 26.2 Å². The molecule has 2 saturated heterocycles. The second kappa shape index (κ2) is 9.87. The third-order valence-corrected chi connectivity index (χ3v) is 6.49. The van der Waals surface area contributed by atoms with E-state index in [1.54, 1.807) is 11.3 Å². The molecule has 2 aromatic rings. The van der Waals surface area contributed by atoms with Crippen molar-refractivity contribution in [2.24, 2.45) is 11.8 Å². The van der Waals surface area contributed by atoms with Gasteiger partial charge in [0.15, 0.2) is 0 Å². The summed E-state index contributed by atoms with van der Waals surface area (Å²) in [6, 6.07) is 8.40. The molecule has 2 aliphatic rings. The Balaban J connectivity index is 0.00000131. The number of carbonyl (C=O) groups excluding carboxylic acids is 1. The smallest absolute Gasteiger partial charge is 0.228 e. The van der Waals surface area contributed by atoms with E-state index >= 15 is 0 Å². The topological polar surface area (TPSA) is 45.2 Å². The summed E-state index contributed by atoms with van der Waals surface area (Å²) in [5, 5.41) is 6.52. The van der Waals surface area contributed by atoms with Gasteiger partial charge in [0.1, 0.15) is 5.01 Å². The number of hydrogen-bond donors (Lipinski definition) is 1. The Bertz CT molecular complexity index is 736. The quantitative estimate of drug-likeness (QED) is 0.805. The molecule has 1 N–H and O–H groups in total. The number of aryl methyl sites for hydroxylation is 1. The molecule has 0 aliphatic carbocycles. The number of carbonyl (C=O) groups is 1. The molecule has 2 aliphatic heterocycles.